The van der Waals surface area contributed by atoms with Gasteiger partial charge in [0.1, 0.15) is 11.3 Å². The van der Waals surface area contributed by atoms with Crippen LogP contribution in [0.2, 0.25) is 0 Å². The summed E-state index contributed by atoms with van der Waals surface area (Å²) < 4.78 is 8.68. The molecule has 0 radical (unpaired) electrons. The first kappa shape index (κ1) is 14.1. The lowest BCUT2D eigenvalue weighted by molar-refractivity contribution is 0.343. The molecule has 3 nitrogen and oxygen atoms in total. The van der Waals surface area contributed by atoms with Gasteiger partial charge in [-0.1, -0.05) is 26.8 Å². The Morgan fingerprint density at radius 1 is 1.32 bits per heavy atom. The Kier molecular flexibility index (Phi) is 4.30. The van der Waals surface area contributed by atoms with Gasteiger partial charge >= 0.3 is 0 Å². The second-order valence-electron chi connectivity index (χ2n) is 5.10. The molecule has 1 atom stereocenters. The summed E-state index contributed by atoms with van der Waals surface area (Å²) in [5.74, 6) is 1.43. The van der Waals surface area contributed by atoms with E-state index in [2.05, 4.69) is 36.4 Å². The molecule has 0 saturated carbocycles. The van der Waals surface area contributed by atoms with E-state index in [0.29, 0.717) is 18.6 Å². The van der Waals surface area contributed by atoms with Crippen molar-refractivity contribution >= 4 is 23.3 Å². The highest BCUT2D eigenvalue weighted by Crippen LogP contribution is 2.31. The molecule has 0 fully saturated rings. The Balaban J connectivity index is 2.66. The van der Waals surface area contributed by atoms with E-state index >= 15 is 0 Å². The fourth-order valence-electron chi connectivity index (χ4n) is 2.68. The summed E-state index contributed by atoms with van der Waals surface area (Å²) in [4.78, 5) is 3.30. The third-order valence-electron chi connectivity index (χ3n) is 3.53. The molecular formula is C15H22N2OS. The molecule has 19 heavy (non-hydrogen) atoms. The predicted octanol–water partition coefficient (Wildman–Crippen LogP) is 4.70. The molecule has 1 heterocycles. The molecule has 0 bridgehead atoms. The first-order valence-corrected chi connectivity index (χ1v) is 7.37. The molecule has 2 aromatic rings. The Hall–Kier alpha value is -1.29. The summed E-state index contributed by atoms with van der Waals surface area (Å²) in [5, 5.41) is 0. The van der Waals surface area contributed by atoms with E-state index in [1.807, 2.05) is 19.1 Å². The van der Waals surface area contributed by atoms with Crippen LogP contribution in [0.5, 0.6) is 5.75 Å². The predicted molar refractivity (Wildman–Crippen MR) is 82.5 cm³/mol. The van der Waals surface area contributed by atoms with E-state index in [9.17, 15) is 0 Å². The third kappa shape index (κ3) is 2.54. The van der Waals surface area contributed by atoms with E-state index < -0.39 is 0 Å². The van der Waals surface area contributed by atoms with Crippen molar-refractivity contribution in [2.75, 3.05) is 6.61 Å². The van der Waals surface area contributed by atoms with Crippen molar-refractivity contribution in [3.63, 3.8) is 0 Å². The second kappa shape index (κ2) is 5.78. The number of aromatic nitrogens is 2. The quantitative estimate of drug-likeness (QED) is 0.803. The zero-order chi connectivity index (χ0) is 14.0. The van der Waals surface area contributed by atoms with Gasteiger partial charge in [-0.3, -0.25) is 0 Å². The molecule has 0 amide bonds. The van der Waals surface area contributed by atoms with Crippen molar-refractivity contribution in [3.05, 3.63) is 23.0 Å². The summed E-state index contributed by atoms with van der Waals surface area (Å²) in [6.45, 7) is 9.33. The van der Waals surface area contributed by atoms with Crippen LogP contribution in [0.3, 0.4) is 0 Å². The first-order chi connectivity index (χ1) is 9.10. The van der Waals surface area contributed by atoms with Gasteiger partial charge in [0.15, 0.2) is 4.77 Å². The van der Waals surface area contributed by atoms with Gasteiger partial charge in [-0.2, -0.15) is 0 Å². The lowest BCUT2D eigenvalue weighted by Gasteiger charge is -2.21. The molecule has 1 N–H and O–H groups in total. The average Bonchev–Trinajstić information content (AvgIpc) is 2.69. The van der Waals surface area contributed by atoms with Gasteiger partial charge < -0.3 is 14.3 Å². The van der Waals surface area contributed by atoms with Crippen molar-refractivity contribution in [1.82, 2.24) is 9.55 Å². The van der Waals surface area contributed by atoms with Crippen LogP contribution in [0.4, 0.5) is 0 Å². The van der Waals surface area contributed by atoms with Crippen molar-refractivity contribution in [2.45, 2.75) is 40.2 Å². The van der Waals surface area contributed by atoms with Crippen LogP contribution in [0, 0.1) is 10.7 Å². The highest BCUT2D eigenvalue weighted by molar-refractivity contribution is 7.71. The van der Waals surface area contributed by atoms with Crippen LogP contribution in [0.25, 0.3) is 11.0 Å². The van der Waals surface area contributed by atoms with Gasteiger partial charge in [-0.25, -0.2) is 0 Å². The number of ether oxygens (including phenoxy) is 1. The topological polar surface area (TPSA) is 29.9 Å². The first-order valence-electron chi connectivity index (χ1n) is 6.96. The molecular weight excluding hydrogens is 256 g/mol. The highest BCUT2D eigenvalue weighted by Gasteiger charge is 2.18. The van der Waals surface area contributed by atoms with Gasteiger partial charge in [0.25, 0.3) is 0 Å². The van der Waals surface area contributed by atoms with Gasteiger partial charge in [0.2, 0.25) is 0 Å². The standard InChI is InChI=1S/C15H22N2OS/c1-5-11(10(3)4)17-12-8-7-9-13(18-6-2)14(12)16-15(17)19/h7-11H,5-6H2,1-4H3,(H,16,19). The lowest BCUT2D eigenvalue weighted by Crippen LogP contribution is -2.14. The molecule has 0 saturated heterocycles. The van der Waals surface area contributed by atoms with E-state index in [4.69, 9.17) is 17.0 Å². The number of imidazole rings is 1. The summed E-state index contributed by atoms with van der Waals surface area (Å²) in [7, 11) is 0. The Labute approximate surface area is 119 Å². The molecule has 0 aliphatic heterocycles. The van der Waals surface area contributed by atoms with Crippen LogP contribution in [0.15, 0.2) is 18.2 Å². The Morgan fingerprint density at radius 3 is 2.63 bits per heavy atom. The SMILES string of the molecule is CCOc1cccc2c1[nH]c(=S)n2C(CC)C(C)C. The maximum atomic E-state index is 5.67. The molecule has 104 valence electrons. The molecule has 1 aromatic heterocycles. The smallest absolute Gasteiger partial charge is 0.178 e. The van der Waals surface area contributed by atoms with Crippen LogP contribution in [-0.2, 0) is 0 Å². The minimum Gasteiger partial charge on any atom is -0.492 e. The number of fused-ring (bicyclic) bond motifs is 1. The number of hydrogen-bond acceptors (Lipinski definition) is 2. The summed E-state index contributed by atoms with van der Waals surface area (Å²) in [6.07, 6.45) is 1.07. The van der Waals surface area contributed by atoms with Gasteiger partial charge in [-0.15, -0.1) is 0 Å². The minimum atomic E-state index is 0.415. The monoisotopic (exact) mass is 278 g/mol. The normalized spacial score (nSPS) is 13.1. The number of rotatable bonds is 5. The molecule has 1 unspecified atom stereocenters. The Morgan fingerprint density at radius 2 is 2.05 bits per heavy atom. The third-order valence-corrected chi connectivity index (χ3v) is 3.83. The van der Waals surface area contributed by atoms with Crippen molar-refractivity contribution in [3.8, 4) is 5.75 Å². The minimum absolute atomic E-state index is 0.415. The molecule has 1 aromatic carbocycles. The number of hydrogen-bond donors (Lipinski definition) is 1. The van der Waals surface area contributed by atoms with E-state index in [0.717, 1.165) is 28.0 Å². The molecule has 0 aliphatic carbocycles. The summed E-state index contributed by atoms with van der Waals surface area (Å²) in [5.41, 5.74) is 2.14. The second-order valence-corrected chi connectivity index (χ2v) is 5.49. The molecule has 0 spiro atoms. The lowest BCUT2D eigenvalue weighted by atomic mass is 10.0. The van der Waals surface area contributed by atoms with E-state index in [1.54, 1.807) is 0 Å². The van der Waals surface area contributed by atoms with Crippen molar-refractivity contribution < 1.29 is 4.74 Å². The fraction of sp³-hybridized carbons (Fsp3) is 0.533. The van der Waals surface area contributed by atoms with E-state index in [-0.39, 0.29) is 0 Å². The molecule has 4 heteroatoms. The van der Waals surface area contributed by atoms with Crippen LogP contribution >= 0.6 is 12.2 Å². The number of nitrogens with one attached hydrogen (secondary N) is 1. The molecule has 2 rings (SSSR count). The average molecular weight is 278 g/mol. The maximum Gasteiger partial charge on any atom is 0.178 e. The van der Waals surface area contributed by atoms with Gasteiger partial charge in [0, 0.05) is 6.04 Å². The molecule has 0 aliphatic rings. The number of aromatic amines is 1. The Bertz CT molecular complexity index is 612. The van der Waals surface area contributed by atoms with Gasteiger partial charge in [0.05, 0.1) is 12.1 Å². The highest BCUT2D eigenvalue weighted by atomic mass is 32.1. The zero-order valence-electron chi connectivity index (χ0n) is 12.1. The number of para-hydroxylation sites is 1. The maximum absolute atomic E-state index is 5.67. The number of benzene rings is 1. The number of H-pyrrole nitrogens is 1. The number of nitrogens with zero attached hydrogens (tertiary/aromatic N) is 1. The van der Waals surface area contributed by atoms with Gasteiger partial charge in [-0.05, 0) is 43.6 Å². The fourth-order valence-corrected chi connectivity index (χ4v) is 3.02. The summed E-state index contributed by atoms with van der Waals surface area (Å²) >= 11 is 5.51. The van der Waals surface area contributed by atoms with Crippen molar-refractivity contribution in [1.29, 1.82) is 0 Å². The van der Waals surface area contributed by atoms with Crippen LogP contribution in [-0.4, -0.2) is 16.2 Å². The van der Waals surface area contributed by atoms with Crippen molar-refractivity contribution in [2.24, 2.45) is 5.92 Å². The van der Waals surface area contributed by atoms with E-state index in [1.165, 1.54) is 0 Å². The van der Waals surface area contributed by atoms with Crippen LogP contribution in [0.1, 0.15) is 40.2 Å². The largest absolute Gasteiger partial charge is 0.492 e. The zero-order valence-corrected chi connectivity index (χ0v) is 12.9. The van der Waals surface area contributed by atoms with Crippen LogP contribution < -0.4 is 4.74 Å². The summed E-state index contributed by atoms with van der Waals surface area (Å²) in [6, 6.07) is 6.53.